The highest BCUT2D eigenvalue weighted by molar-refractivity contribution is 5.87. The van der Waals surface area contributed by atoms with Crippen molar-refractivity contribution in [3.8, 4) is 11.1 Å². The molecule has 1 aliphatic heterocycles. The van der Waals surface area contributed by atoms with E-state index in [-0.39, 0.29) is 36.8 Å². The van der Waals surface area contributed by atoms with Gasteiger partial charge < -0.3 is 20.1 Å². The van der Waals surface area contributed by atoms with Crippen LogP contribution < -0.4 is 5.32 Å². The predicted octanol–water partition coefficient (Wildman–Crippen LogP) is 3.73. The van der Waals surface area contributed by atoms with Crippen LogP contribution in [0.25, 0.3) is 11.1 Å². The fraction of sp³-hybridized carbons (Fsp3) is 0.423. The lowest BCUT2D eigenvalue weighted by Gasteiger charge is -2.27. The van der Waals surface area contributed by atoms with Gasteiger partial charge in [0.1, 0.15) is 12.6 Å². The first-order valence-electron chi connectivity index (χ1n) is 11.4. The van der Waals surface area contributed by atoms with E-state index in [0.717, 1.165) is 22.3 Å². The molecule has 1 saturated heterocycles. The molecule has 1 heterocycles. The molecule has 0 spiro atoms. The molecule has 1 fully saturated rings. The number of carbonyl (C=O) groups is 3. The number of ether oxygens (including phenoxy) is 1. The first kappa shape index (κ1) is 22.8. The maximum atomic E-state index is 13.1. The maximum absolute atomic E-state index is 13.1. The van der Waals surface area contributed by atoms with E-state index >= 15 is 0 Å². The monoisotopic (exact) mass is 450 g/mol. The van der Waals surface area contributed by atoms with Crippen LogP contribution in [0.2, 0.25) is 0 Å². The van der Waals surface area contributed by atoms with Gasteiger partial charge in [0.15, 0.2) is 0 Å². The van der Waals surface area contributed by atoms with Crippen LogP contribution in [0.5, 0.6) is 0 Å². The summed E-state index contributed by atoms with van der Waals surface area (Å²) in [7, 11) is 0. The summed E-state index contributed by atoms with van der Waals surface area (Å²) in [6.07, 6.45) is -0.647. The van der Waals surface area contributed by atoms with E-state index in [1.165, 1.54) is 4.90 Å². The number of carboxylic acids is 1. The summed E-state index contributed by atoms with van der Waals surface area (Å²) in [5, 5.41) is 12.1. The van der Waals surface area contributed by atoms with Crippen molar-refractivity contribution >= 4 is 18.0 Å². The number of carbonyl (C=O) groups excluding carboxylic acids is 2. The highest BCUT2D eigenvalue weighted by Crippen LogP contribution is 2.44. The van der Waals surface area contributed by atoms with Gasteiger partial charge in [0.25, 0.3) is 0 Å². The second kappa shape index (κ2) is 9.25. The maximum Gasteiger partial charge on any atom is 0.407 e. The number of carboxylic acid groups (broad SMARTS) is 1. The number of rotatable bonds is 6. The van der Waals surface area contributed by atoms with Crippen molar-refractivity contribution in [2.45, 2.75) is 32.7 Å². The van der Waals surface area contributed by atoms with Crippen molar-refractivity contribution in [1.29, 1.82) is 0 Å². The summed E-state index contributed by atoms with van der Waals surface area (Å²) < 4.78 is 5.60. The Bertz CT molecular complexity index is 1020. The van der Waals surface area contributed by atoms with Gasteiger partial charge in [-0.05, 0) is 34.1 Å². The topological polar surface area (TPSA) is 95.9 Å². The van der Waals surface area contributed by atoms with Crippen molar-refractivity contribution in [1.82, 2.24) is 10.2 Å². The quantitative estimate of drug-likeness (QED) is 0.699. The van der Waals surface area contributed by atoms with Crippen LogP contribution >= 0.6 is 0 Å². The molecule has 2 aromatic rings. The summed E-state index contributed by atoms with van der Waals surface area (Å²) in [5.74, 6) is -2.12. The molecule has 7 heteroatoms. The van der Waals surface area contributed by atoms with Gasteiger partial charge in [-0.15, -0.1) is 0 Å². The number of alkyl carbamates (subject to hydrolysis) is 1. The minimum atomic E-state index is -0.900. The largest absolute Gasteiger partial charge is 0.481 e. The van der Waals surface area contributed by atoms with Crippen LogP contribution in [0.4, 0.5) is 4.79 Å². The van der Waals surface area contributed by atoms with Gasteiger partial charge in [0.2, 0.25) is 5.91 Å². The normalized spacial score (nSPS) is 20.3. The number of amides is 2. The van der Waals surface area contributed by atoms with Crippen molar-refractivity contribution in [2.75, 3.05) is 19.7 Å². The van der Waals surface area contributed by atoms with E-state index in [4.69, 9.17) is 4.74 Å². The molecule has 0 saturated carbocycles. The number of hydrogen-bond acceptors (Lipinski definition) is 4. The Balaban J connectivity index is 1.41. The van der Waals surface area contributed by atoms with Crippen LogP contribution in [0.15, 0.2) is 48.5 Å². The second-order valence-corrected chi connectivity index (χ2v) is 9.36. The first-order valence-corrected chi connectivity index (χ1v) is 11.4. The minimum Gasteiger partial charge on any atom is -0.481 e. The molecule has 2 N–H and O–H groups in total. The van der Waals surface area contributed by atoms with Gasteiger partial charge in [-0.3, -0.25) is 9.59 Å². The highest BCUT2D eigenvalue weighted by atomic mass is 16.5. The number of fused-ring (bicyclic) bond motifs is 3. The fourth-order valence-electron chi connectivity index (χ4n) is 4.95. The lowest BCUT2D eigenvalue weighted by atomic mass is 9.98. The van der Waals surface area contributed by atoms with E-state index < -0.39 is 24.0 Å². The lowest BCUT2D eigenvalue weighted by Crippen LogP contribution is -2.51. The Morgan fingerprint density at radius 3 is 2.12 bits per heavy atom. The van der Waals surface area contributed by atoms with E-state index in [2.05, 4.69) is 29.6 Å². The molecule has 2 amide bonds. The SMILES string of the molecule is CC1CN(C(=O)[C@@H](NC(=O)OCC2c3ccccc3-c3ccccc32)C(C)C)CC1C(=O)O. The van der Waals surface area contributed by atoms with E-state index in [9.17, 15) is 19.5 Å². The summed E-state index contributed by atoms with van der Waals surface area (Å²) in [6, 6.07) is 15.4. The third-order valence-electron chi connectivity index (χ3n) is 6.79. The third kappa shape index (κ3) is 4.45. The number of aliphatic carboxylic acids is 1. The minimum absolute atomic E-state index is 0.0629. The van der Waals surface area contributed by atoms with Gasteiger partial charge in [-0.2, -0.15) is 0 Å². The molecule has 3 atom stereocenters. The molecule has 0 bridgehead atoms. The summed E-state index contributed by atoms with van der Waals surface area (Å²) in [6.45, 7) is 6.22. The molecule has 2 aliphatic rings. The van der Waals surface area contributed by atoms with Gasteiger partial charge in [-0.1, -0.05) is 69.3 Å². The predicted molar refractivity (Wildman–Crippen MR) is 124 cm³/mol. The number of likely N-dealkylation sites (tertiary alicyclic amines) is 1. The third-order valence-corrected chi connectivity index (χ3v) is 6.79. The number of benzene rings is 2. The van der Waals surface area contributed by atoms with Gasteiger partial charge >= 0.3 is 12.1 Å². The molecular weight excluding hydrogens is 420 g/mol. The van der Waals surface area contributed by atoms with Gasteiger partial charge in [-0.25, -0.2) is 4.79 Å². The molecule has 4 rings (SSSR count). The Hall–Kier alpha value is -3.35. The molecule has 2 unspecified atom stereocenters. The van der Waals surface area contributed by atoms with E-state index in [0.29, 0.717) is 6.54 Å². The van der Waals surface area contributed by atoms with Gasteiger partial charge in [0.05, 0.1) is 5.92 Å². The van der Waals surface area contributed by atoms with Crippen molar-refractivity contribution < 1.29 is 24.2 Å². The molecule has 7 nitrogen and oxygen atoms in total. The average molecular weight is 451 g/mol. The molecule has 2 aromatic carbocycles. The zero-order valence-electron chi connectivity index (χ0n) is 19.2. The smallest absolute Gasteiger partial charge is 0.407 e. The Labute approximate surface area is 193 Å². The molecular formula is C26H30N2O5. The zero-order chi connectivity index (χ0) is 23.7. The average Bonchev–Trinajstić information content (AvgIpc) is 3.34. The molecule has 0 aromatic heterocycles. The Morgan fingerprint density at radius 1 is 1.03 bits per heavy atom. The molecule has 174 valence electrons. The number of nitrogens with one attached hydrogen (secondary N) is 1. The summed E-state index contributed by atoms with van der Waals surface area (Å²) in [4.78, 5) is 38.7. The van der Waals surface area contributed by atoms with Crippen LogP contribution in [0.1, 0.15) is 37.8 Å². The van der Waals surface area contributed by atoms with Crippen LogP contribution in [-0.2, 0) is 14.3 Å². The van der Waals surface area contributed by atoms with Crippen molar-refractivity contribution in [2.24, 2.45) is 17.8 Å². The van der Waals surface area contributed by atoms with Crippen LogP contribution in [0.3, 0.4) is 0 Å². The van der Waals surface area contributed by atoms with Gasteiger partial charge in [0, 0.05) is 19.0 Å². The molecule has 1 aliphatic carbocycles. The Kier molecular flexibility index (Phi) is 6.40. The molecule has 0 radical (unpaired) electrons. The van der Waals surface area contributed by atoms with Crippen LogP contribution in [0, 0.1) is 17.8 Å². The van der Waals surface area contributed by atoms with E-state index in [1.807, 2.05) is 45.0 Å². The zero-order valence-corrected chi connectivity index (χ0v) is 19.2. The second-order valence-electron chi connectivity index (χ2n) is 9.36. The summed E-state index contributed by atoms with van der Waals surface area (Å²) in [5.41, 5.74) is 4.53. The standard InChI is InChI=1S/C26H30N2O5/c1-15(2)23(24(29)28-12-16(3)21(13-28)25(30)31)27-26(32)33-14-22-19-10-6-4-8-17(19)18-9-5-7-11-20(18)22/h4-11,15-16,21-23H,12-14H2,1-3H3,(H,27,32)(H,30,31)/t16?,21?,23-/m0/s1. The van der Waals surface area contributed by atoms with Crippen molar-refractivity contribution in [3.05, 3.63) is 59.7 Å². The highest BCUT2D eigenvalue weighted by Gasteiger charge is 2.40. The number of hydrogen-bond donors (Lipinski definition) is 2. The van der Waals surface area contributed by atoms with E-state index in [1.54, 1.807) is 0 Å². The number of nitrogens with zero attached hydrogens (tertiary/aromatic N) is 1. The first-order chi connectivity index (χ1) is 15.8. The lowest BCUT2D eigenvalue weighted by molar-refractivity contribution is -0.142. The van der Waals surface area contributed by atoms with Crippen LogP contribution in [-0.4, -0.2) is 53.7 Å². The Morgan fingerprint density at radius 2 is 1.61 bits per heavy atom. The van der Waals surface area contributed by atoms with Crippen molar-refractivity contribution in [3.63, 3.8) is 0 Å². The summed E-state index contributed by atoms with van der Waals surface area (Å²) >= 11 is 0. The fourth-order valence-corrected chi connectivity index (χ4v) is 4.95. The molecule has 33 heavy (non-hydrogen) atoms.